The van der Waals surface area contributed by atoms with Crippen LogP contribution < -0.4 is 5.73 Å². The highest BCUT2D eigenvalue weighted by molar-refractivity contribution is 5.40. The molecule has 4 heteroatoms. The van der Waals surface area contributed by atoms with Crippen molar-refractivity contribution < 1.29 is 15.3 Å². The van der Waals surface area contributed by atoms with Crippen LogP contribution >= 0.6 is 0 Å². The molecular formula is C11H19NO3. The number of benzene rings is 1. The summed E-state index contributed by atoms with van der Waals surface area (Å²) in [4.78, 5) is 0. The number of nitrogens with two attached hydrogens (primary N) is 1. The number of aliphatic hydroxyl groups is 1. The van der Waals surface area contributed by atoms with Gasteiger partial charge in [-0.3, -0.25) is 0 Å². The number of hydrogen-bond donors (Lipinski definition) is 4. The third-order valence-corrected chi connectivity index (χ3v) is 1.47. The zero-order valence-electron chi connectivity index (χ0n) is 9.14. The molecule has 1 aromatic rings. The van der Waals surface area contributed by atoms with Crippen molar-refractivity contribution in [3.05, 3.63) is 23.8 Å². The van der Waals surface area contributed by atoms with E-state index in [1.54, 1.807) is 19.9 Å². The van der Waals surface area contributed by atoms with Crippen molar-refractivity contribution >= 4 is 0 Å². The van der Waals surface area contributed by atoms with Crippen LogP contribution in [0.1, 0.15) is 19.4 Å². The van der Waals surface area contributed by atoms with Crippen molar-refractivity contribution in [2.45, 2.75) is 26.4 Å². The summed E-state index contributed by atoms with van der Waals surface area (Å²) in [7, 11) is 0. The van der Waals surface area contributed by atoms with E-state index in [1.165, 1.54) is 12.1 Å². The van der Waals surface area contributed by atoms with E-state index in [1.807, 2.05) is 0 Å². The van der Waals surface area contributed by atoms with E-state index in [0.29, 0.717) is 13.0 Å². The fourth-order valence-corrected chi connectivity index (χ4v) is 0.891. The van der Waals surface area contributed by atoms with Crippen LogP contribution in [-0.4, -0.2) is 28.0 Å². The Bertz CT molecular complexity index is 284. The quantitative estimate of drug-likeness (QED) is 0.552. The Morgan fingerprint density at radius 1 is 1.20 bits per heavy atom. The molecule has 0 saturated heterocycles. The molecule has 0 aliphatic carbocycles. The lowest BCUT2D eigenvalue weighted by Gasteiger charge is -2.00. The Balaban J connectivity index is 0.000000423. The molecule has 0 unspecified atom stereocenters. The Labute approximate surface area is 90.0 Å². The van der Waals surface area contributed by atoms with Gasteiger partial charge in [0.1, 0.15) is 0 Å². The largest absolute Gasteiger partial charge is 0.504 e. The maximum absolute atomic E-state index is 9.04. The summed E-state index contributed by atoms with van der Waals surface area (Å²) < 4.78 is 0. The normalized spacial score (nSPS) is 9.67. The Hall–Kier alpha value is -1.26. The second kappa shape index (κ2) is 7.09. The monoisotopic (exact) mass is 213 g/mol. The van der Waals surface area contributed by atoms with Gasteiger partial charge in [0.15, 0.2) is 11.5 Å². The summed E-state index contributed by atoms with van der Waals surface area (Å²) in [6.45, 7) is 3.99. The molecule has 0 spiro atoms. The van der Waals surface area contributed by atoms with Crippen LogP contribution in [0.25, 0.3) is 0 Å². The SMILES string of the molecule is CC(C)O.NCCc1ccc(O)c(O)c1. The van der Waals surface area contributed by atoms with Crippen LogP contribution in [0.4, 0.5) is 0 Å². The first-order valence-corrected chi connectivity index (χ1v) is 4.86. The van der Waals surface area contributed by atoms with E-state index >= 15 is 0 Å². The molecule has 0 aliphatic rings. The summed E-state index contributed by atoms with van der Waals surface area (Å²) in [6, 6.07) is 4.71. The lowest BCUT2D eigenvalue weighted by molar-refractivity contribution is 0.216. The lowest BCUT2D eigenvalue weighted by Crippen LogP contribution is -2.02. The molecule has 0 aromatic heterocycles. The van der Waals surface area contributed by atoms with Gasteiger partial charge in [0, 0.05) is 6.10 Å². The van der Waals surface area contributed by atoms with Gasteiger partial charge in [-0.25, -0.2) is 0 Å². The maximum Gasteiger partial charge on any atom is 0.157 e. The summed E-state index contributed by atoms with van der Waals surface area (Å²) in [5.41, 5.74) is 6.24. The van der Waals surface area contributed by atoms with Gasteiger partial charge >= 0.3 is 0 Å². The van der Waals surface area contributed by atoms with Crippen molar-refractivity contribution in [2.75, 3.05) is 6.54 Å². The molecule has 0 amide bonds. The smallest absolute Gasteiger partial charge is 0.157 e. The van der Waals surface area contributed by atoms with E-state index in [9.17, 15) is 0 Å². The average molecular weight is 213 g/mol. The highest BCUT2D eigenvalue weighted by Crippen LogP contribution is 2.24. The zero-order valence-corrected chi connectivity index (χ0v) is 9.14. The fraction of sp³-hybridized carbons (Fsp3) is 0.455. The van der Waals surface area contributed by atoms with Crippen molar-refractivity contribution in [1.29, 1.82) is 0 Å². The van der Waals surface area contributed by atoms with Crippen LogP contribution in [0, 0.1) is 0 Å². The predicted octanol–water partition coefficient (Wildman–Crippen LogP) is 0.986. The second-order valence-corrected chi connectivity index (χ2v) is 3.46. The third-order valence-electron chi connectivity index (χ3n) is 1.47. The Morgan fingerprint density at radius 2 is 1.73 bits per heavy atom. The standard InChI is InChI=1S/C8H11NO2.C3H8O/c9-4-3-6-1-2-7(10)8(11)5-6;1-3(2)4/h1-2,5,10-11H,3-4,9H2;3-4H,1-2H3. The van der Waals surface area contributed by atoms with Crippen LogP contribution in [-0.2, 0) is 6.42 Å². The van der Waals surface area contributed by atoms with Crippen LogP contribution in [0.3, 0.4) is 0 Å². The van der Waals surface area contributed by atoms with Crippen LogP contribution in [0.5, 0.6) is 11.5 Å². The highest BCUT2D eigenvalue weighted by atomic mass is 16.3. The van der Waals surface area contributed by atoms with Crippen molar-refractivity contribution in [1.82, 2.24) is 0 Å². The van der Waals surface area contributed by atoms with Gasteiger partial charge in [-0.2, -0.15) is 0 Å². The van der Waals surface area contributed by atoms with Gasteiger partial charge in [0.05, 0.1) is 0 Å². The number of aliphatic hydroxyl groups excluding tert-OH is 1. The molecule has 0 atom stereocenters. The molecule has 0 saturated carbocycles. The molecule has 1 aromatic carbocycles. The molecule has 0 bridgehead atoms. The topological polar surface area (TPSA) is 86.7 Å². The molecule has 4 nitrogen and oxygen atoms in total. The molecular weight excluding hydrogens is 194 g/mol. The fourth-order valence-electron chi connectivity index (χ4n) is 0.891. The molecule has 0 aliphatic heterocycles. The molecule has 1 rings (SSSR count). The Morgan fingerprint density at radius 3 is 2.13 bits per heavy atom. The van der Waals surface area contributed by atoms with E-state index in [4.69, 9.17) is 21.1 Å². The number of rotatable bonds is 2. The van der Waals surface area contributed by atoms with Gasteiger partial charge in [-0.15, -0.1) is 0 Å². The van der Waals surface area contributed by atoms with Gasteiger partial charge in [0.2, 0.25) is 0 Å². The summed E-state index contributed by atoms with van der Waals surface area (Å²) >= 11 is 0. The zero-order chi connectivity index (χ0) is 11.8. The van der Waals surface area contributed by atoms with E-state index in [2.05, 4.69) is 0 Å². The average Bonchev–Trinajstić information content (AvgIpc) is 2.11. The van der Waals surface area contributed by atoms with E-state index in [0.717, 1.165) is 5.56 Å². The first-order valence-electron chi connectivity index (χ1n) is 4.86. The third kappa shape index (κ3) is 6.76. The summed E-state index contributed by atoms with van der Waals surface area (Å²) in [5, 5.41) is 26.0. The molecule has 0 fully saturated rings. The van der Waals surface area contributed by atoms with Gasteiger partial charge in [0.25, 0.3) is 0 Å². The maximum atomic E-state index is 9.04. The minimum Gasteiger partial charge on any atom is -0.504 e. The molecule has 5 N–H and O–H groups in total. The van der Waals surface area contributed by atoms with Crippen LogP contribution in [0.2, 0.25) is 0 Å². The van der Waals surface area contributed by atoms with Gasteiger partial charge < -0.3 is 21.1 Å². The van der Waals surface area contributed by atoms with Gasteiger partial charge in [-0.05, 0) is 44.5 Å². The van der Waals surface area contributed by atoms with Crippen molar-refractivity contribution in [2.24, 2.45) is 5.73 Å². The van der Waals surface area contributed by atoms with E-state index in [-0.39, 0.29) is 17.6 Å². The number of phenolic OH excluding ortho intramolecular Hbond substituents is 2. The number of aromatic hydroxyl groups is 2. The van der Waals surface area contributed by atoms with Crippen molar-refractivity contribution in [3.8, 4) is 11.5 Å². The molecule has 0 radical (unpaired) electrons. The lowest BCUT2D eigenvalue weighted by atomic mass is 10.1. The first-order chi connectivity index (χ1) is 6.97. The number of hydrogen-bond acceptors (Lipinski definition) is 4. The Kier molecular flexibility index (Phi) is 6.49. The predicted molar refractivity (Wildman–Crippen MR) is 59.9 cm³/mol. The molecule has 86 valence electrons. The highest BCUT2D eigenvalue weighted by Gasteiger charge is 1.98. The van der Waals surface area contributed by atoms with Gasteiger partial charge in [-0.1, -0.05) is 6.07 Å². The second-order valence-electron chi connectivity index (χ2n) is 3.46. The van der Waals surface area contributed by atoms with Crippen molar-refractivity contribution in [3.63, 3.8) is 0 Å². The number of phenols is 2. The van der Waals surface area contributed by atoms with Crippen LogP contribution in [0.15, 0.2) is 18.2 Å². The summed E-state index contributed by atoms with van der Waals surface area (Å²) in [6.07, 6.45) is 0.549. The minimum absolute atomic E-state index is 0.0871. The van der Waals surface area contributed by atoms with E-state index < -0.39 is 0 Å². The minimum atomic E-state index is -0.167. The molecule has 0 heterocycles. The molecule has 15 heavy (non-hydrogen) atoms. The first kappa shape index (κ1) is 13.7. The summed E-state index contributed by atoms with van der Waals surface area (Å²) in [5.74, 6) is -0.179.